The molecule has 2 heterocycles. The molecule has 3 rings (SSSR count). The van der Waals surface area contributed by atoms with E-state index in [-0.39, 0.29) is 23.4 Å². The van der Waals surface area contributed by atoms with Crippen molar-refractivity contribution in [1.29, 1.82) is 0 Å². The number of anilines is 1. The third-order valence-electron chi connectivity index (χ3n) is 3.84. The summed E-state index contributed by atoms with van der Waals surface area (Å²) in [6, 6.07) is 6.19. The maximum Gasteiger partial charge on any atom is 0.229 e. The molecule has 6 heteroatoms. The number of nitrogens with one attached hydrogen (secondary N) is 2. The van der Waals surface area contributed by atoms with Gasteiger partial charge < -0.3 is 10.6 Å². The van der Waals surface area contributed by atoms with Gasteiger partial charge in [0.2, 0.25) is 5.91 Å². The van der Waals surface area contributed by atoms with Gasteiger partial charge >= 0.3 is 0 Å². The number of hydrogen-bond acceptors (Lipinski definition) is 3. The molecule has 0 spiro atoms. The lowest BCUT2D eigenvalue weighted by atomic mass is 9.90. The van der Waals surface area contributed by atoms with Gasteiger partial charge in [-0.2, -0.15) is 5.10 Å². The van der Waals surface area contributed by atoms with Crippen LogP contribution in [0.4, 0.5) is 10.1 Å². The molecule has 1 aromatic heterocycles. The fourth-order valence-corrected chi connectivity index (χ4v) is 2.72. The Kier molecular flexibility index (Phi) is 3.70. The second-order valence-corrected chi connectivity index (χ2v) is 5.29. The zero-order chi connectivity index (χ0) is 14.8. The summed E-state index contributed by atoms with van der Waals surface area (Å²) in [5, 5.41) is 10.0. The minimum atomic E-state index is -0.422. The molecule has 1 saturated heterocycles. The number of para-hydroxylation sites is 1. The van der Waals surface area contributed by atoms with E-state index >= 15 is 0 Å². The highest BCUT2D eigenvalue weighted by molar-refractivity contribution is 5.93. The lowest BCUT2D eigenvalue weighted by molar-refractivity contribution is -0.119. The van der Waals surface area contributed by atoms with Gasteiger partial charge in [0, 0.05) is 32.3 Å². The van der Waals surface area contributed by atoms with Crippen LogP contribution in [0.15, 0.2) is 36.7 Å². The SMILES string of the molecule is Cn1cc([C@H]2CNC[C@@H]2C(=O)Nc2ccccc2F)cn1. The second-order valence-electron chi connectivity index (χ2n) is 5.29. The van der Waals surface area contributed by atoms with E-state index in [1.54, 1.807) is 29.1 Å². The van der Waals surface area contributed by atoms with Crippen LogP contribution in [-0.2, 0) is 11.8 Å². The third-order valence-corrected chi connectivity index (χ3v) is 3.84. The Balaban J connectivity index is 1.76. The normalized spacial score (nSPS) is 21.4. The summed E-state index contributed by atoms with van der Waals surface area (Å²) < 4.78 is 15.3. The monoisotopic (exact) mass is 288 g/mol. The number of rotatable bonds is 3. The Labute approximate surface area is 122 Å². The lowest BCUT2D eigenvalue weighted by Crippen LogP contribution is -2.28. The van der Waals surface area contributed by atoms with Crippen LogP contribution in [0, 0.1) is 11.7 Å². The van der Waals surface area contributed by atoms with Gasteiger partial charge in [-0.05, 0) is 17.7 Å². The fraction of sp³-hybridized carbons (Fsp3) is 0.333. The van der Waals surface area contributed by atoms with Crippen molar-refractivity contribution in [3.8, 4) is 0 Å². The van der Waals surface area contributed by atoms with Gasteiger partial charge in [0.25, 0.3) is 0 Å². The van der Waals surface area contributed by atoms with Crippen LogP contribution in [0.3, 0.4) is 0 Å². The highest BCUT2D eigenvalue weighted by Gasteiger charge is 2.34. The van der Waals surface area contributed by atoms with Crippen LogP contribution < -0.4 is 10.6 Å². The van der Waals surface area contributed by atoms with E-state index < -0.39 is 5.82 Å². The summed E-state index contributed by atoms with van der Waals surface area (Å²) in [5.41, 5.74) is 1.25. The number of carbonyl (C=O) groups is 1. The van der Waals surface area contributed by atoms with E-state index in [2.05, 4.69) is 15.7 Å². The Hall–Kier alpha value is -2.21. The van der Waals surface area contributed by atoms with Gasteiger partial charge in [0.15, 0.2) is 0 Å². The minimum absolute atomic E-state index is 0.0606. The predicted molar refractivity (Wildman–Crippen MR) is 77.3 cm³/mol. The van der Waals surface area contributed by atoms with Crippen molar-refractivity contribution in [3.05, 3.63) is 48.0 Å². The van der Waals surface area contributed by atoms with Crippen molar-refractivity contribution in [2.24, 2.45) is 13.0 Å². The highest BCUT2D eigenvalue weighted by Crippen LogP contribution is 2.29. The molecule has 0 radical (unpaired) electrons. The topological polar surface area (TPSA) is 59.0 Å². The van der Waals surface area contributed by atoms with Crippen molar-refractivity contribution in [1.82, 2.24) is 15.1 Å². The van der Waals surface area contributed by atoms with E-state index in [4.69, 9.17) is 0 Å². The van der Waals surface area contributed by atoms with Crippen molar-refractivity contribution in [2.75, 3.05) is 18.4 Å². The summed E-state index contributed by atoms with van der Waals surface area (Å²) in [6.07, 6.45) is 3.70. The molecule has 2 atom stereocenters. The summed E-state index contributed by atoms with van der Waals surface area (Å²) in [7, 11) is 1.85. The molecule has 0 aliphatic carbocycles. The Morgan fingerprint density at radius 2 is 2.24 bits per heavy atom. The molecule has 21 heavy (non-hydrogen) atoms. The Bertz CT molecular complexity index is 655. The predicted octanol–water partition coefficient (Wildman–Crippen LogP) is 1.50. The molecule has 0 unspecified atom stereocenters. The minimum Gasteiger partial charge on any atom is -0.323 e. The first-order valence-corrected chi connectivity index (χ1v) is 6.90. The Morgan fingerprint density at radius 1 is 1.43 bits per heavy atom. The first-order chi connectivity index (χ1) is 10.1. The van der Waals surface area contributed by atoms with Gasteiger partial charge in [0.1, 0.15) is 5.82 Å². The van der Waals surface area contributed by atoms with Crippen molar-refractivity contribution in [3.63, 3.8) is 0 Å². The highest BCUT2D eigenvalue weighted by atomic mass is 19.1. The van der Waals surface area contributed by atoms with Gasteiger partial charge in [0.05, 0.1) is 17.8 Å². The molecular weight excluding hydrogens is 271 g/mol. The van der Waals surface area contributed by atoms with E-state index in [9.17, 15) is 9.18 Å². The van der Waals surface area contributed by atoms with Crippen LogP contribution in [0.2, 0.25) is 0 Å². The van der Waals surface area contributed by atoms with Crippen LogP contribution in [0.5, 0.6) is 0 Å². The van der Waals surface area contributed by atoms with E-state index in [0.29, 0.717) is 6.54 Å². The molecular formula is C15H17FN4O. The summed E-state index contributed by atoms with van der Waals surface area (Å²) in [6.45, 7) is 1.31. The largest absolute Gasteiger partial charge is 0.323 e. The summed E-state index contributed by atoms with van der Waals surface area (Å²) >= 11 is 0. The molecule has 2 N–H and O–H groups in total. The number of amides is 1. The van der Waals surface area contributed by atoms with E-state index in [1.165, 1.54) is 6.07 Å². The molecule has 1 amide bonds. The molecule has 110 valence electrons. The van der Waals surface area contributed by atoms with Gasteiger partial charge in [-0.25, -0.2) is 4.39 Å². The first-order valence-electron chi connectivity index (χ1n) is 6.90. The fourth-order valence-electron chi connectivity index (χ4n) is 2.72. The number of halogens is 1. The molecule has 1 aromatic carbocycles. The summed E-state index contributed by atoms with van der Waals surface area (Å²) in [4.78, 5) is 12.4. The molecule has 0 saturated carbocycles. The molecule has 1 aliphatic rings. The quantitative estimate of drug-likeness (QED) is 0.900. The van der Waals surface area contributed by atoms with Gasteiger partial charge in [-0.3, -0.25) is 9.48 Å². The Morgan fingerprint density at radius 3 is 2.95 bits per heavy atom. The van der Waals surface area contributed by atoms with Crippen molar-refractivity contribution in [2.45, 2.75) is 5.92 Å². The first kappa shape index (κ1) is 13.8. The van der Waals surface area contributed by atoms with Crippen LogP contribution in [-0.4, -0.2) is 28.8 Å². The van der Waals surface area contributed by atoms with E-state index in [1.807, 2.05) is 13.2 Å². The summed E-state index contributed by atoms with van der Waals surface area (Å²) in [5.74, 6) is -0.757. The molecule has 1 aliphatic heterocycles. The molecule has 5 nitrogen and oxygen atoms in total. The van der Waals surface area contributed by atoms with Gasteiger partial charge in [-0.15, -0.1) is 0 Å². The van der Waals surface area contributed by atoms with Crippen LogP contribution >= 0.6 is 0 Å². The molecule has 2 aromatic rings. The number of aryl methyl sites for hydroxylation is 1. The number of hydrogen-bond donors (Lipinski definition) is 2. The number of carbonyl (C=O) groups excluding carboxylic acids is 1. The second kappa shape index (κ2) is 5.65. The third kappa shape index (κ3) is 2.80. The van der Waals surface area contributed by atoms with Crippen LogP contribution in [0.1, 0.15) is 11.5 Å². The average molecular weight is 288 g/mol. The average Bonchev–Trinajstić information content (AvgIpc) is 3.09. The maximum absolute atomic E-state index is 13.6. The molecule has 0 bridgehead atoms. The number of nitrogens with zero attached hydrogens (tertiary/aromatic N) is 2. The number of aromatic nitrogens is 2. The smallest absolute Gasteiger partial charge is 0.229 e. The van der Waals surface area contributed by atoms with Gasteiger partial charge in [-0.1, -0.05) is 12.1 Å². The van der Waals surface area contributed by atoms with Crippen molar-refractivity contribution >= 4 is 11.6 Å². The number of benzene rings is 1. The standard InChI is InChI=1S/C15H17FN4O/c1-20-9-10(6-18-20)11-7-17-8-12(11)15(21)19-14-5-3-2-4-13(14)16/h2-6,9,11-12,17H,7-8H2,1H3,(H,19,21)/t11-,12+/m1/s1. The lowest BCUT2D eigenvalue weighted by Gasteiger charge is -2.17. The zero-order valence-corrected chi connectivity index (χ0v) is 11.7. The van der Waals surface area contributed by atoms with Crippen LogP contribution in [0.25, 0.3) is 0 Å². The molecule has 1 fully saturated rings. The zero-order valence-electron chi connectivity index (χ0n) is 11.7. The van der Waals surface area contributed by atoms with Crippen molar-refractivity contribution < 1.29 is 9.18 Å². The van der Waals surface area contributed by atoms with E-state index in [0.717, 1.165) is 12.1 Å². The maximum atomic E-state index is 13.6.